The second-order valence-electron chi connectivity index (χ2n) is 7.95. The second-order valence-corrected chi connectivity index (χ2v) is 7.95. The summed E-state index contributed by atoms with van der Waals surface area (Å²) in [7, 11) is 3.21. The number of carbonyl (C=O) groups is 2. The number of aromatic nitrogens is 3. The summed E-state index contributed by atoms with van der Waals surface area (Å²) >= 11 is 0. The maximum Gasteiger partial charge on any atom is 0.445 e. The molecule has 2 aliphatic rings. The van der Waals surface area contributed by atoms with Crippen molar-refractivity contribution in [3.63, 3.8) is 0 Å². The van der Waals surface area contributed by atoms with Crippen LogP contribution in [0.2, 0.25) is 0 Å². The summed E-state index contributed by atoms with van der Waals surface area (Å²) in [5, 5.41) is 8.87. The van der Waals surface area contributed by atoms with Crippen molar-refractivity contribution in [3.8, 4) is 11.4 Å². The van der Waals surface area contributed by atoms with Crippen LogP contribution in [0.1, 0.15) is 11.1 Å². The number of carbonyl (C=O) groups excluding carboxylic acids is 2. The van der Waals surface area contributed by atoms with Crippen LogP contribution in [-0.2, 0) is 11.2 Å². The van der Waals surface area contributed by atoms with Crippen LogP contribution in [0.15, 0.2) is 54.6 Å². The number of benzene rings is 2. The molecule has 2 aromatic carbocycles. The van der Waals surface area contributed by atoms with E-state index in [9.17, 15) is 9.59 Å². The number of hydrogen-bond donors (Lipinski definition) is 0. The molecule has 8 heteroatoms. The van der Waals surface area contributed by atoms with Gasteiger partial charge in [-0.15, -0.1) is 5.10 Å². The van der Waals surface area contributed by atoms with E-state index in [1.807, 2.05) is 58.9 Å². The molecule has 31 heavy (non-hydrogen) atoms. The van der Waals surface area contributed by atoms with Crippen LogP contribution in [0.25, 0.3) is 11.4 Å². The minimum atomic E-state index is -0.619. The minimum Gasteiger partial charge on any atom is -0.305 e. The van der Waals surface area contributed by atoms with E-state index in [0.29, 0.717) is 24.2 Å². The topological polar surface area (TPSA) is 74.3 Å². The fourth-order valence-corrected chi connectivity index (χ4v) is 4.24. The van der Waals surface area contributed by atoms with Gasteiger partial charge in [0.25, 0.3) is 5.95 Å². The number of likely N-dealkylation sites (N-methyl/N-ethyl adjacent to an activating group) is 1. The van der Waals surface area contributed by atoms with Gasteiger partial charge in [-0.25, -0.2) is 9.37 Å². The first-order valence-corrected chi connectivity index (χ1v) is 10.2. The molecular weight excluding hydrogens is 392 g/mol. The van der Waals surface area contributed by atoms with E-state index in [0.717, 1.165) is 17.5 Å². The molecule has 0 spiro atoms. The van der Waals surface area contributed by atoms with Gasteiger partial charge in [-0.2, -0.15) is 9.47 Å². The monoisotopic (exact) mass is 415 g/mol. The Kier molecular flexibility index (Phi) is 4.43. The van der Waals surface area contributed by atoms with E-state index in [1.165, 1.54) is 22.1 Å². The van der Waals surface area contributed by atoms with Crippen molar-refractivity contribution in [2.75, 3.05) is 25.5 Å². The molecule has 2 aliphatic heterocycles. The molecule has 156 valence electrons. The zero-order valence-corrected chi connectivity index (χ0v) is 17.7. The van der Waals surface area contributed by atoms with Gasteiger partial charge in [0.05, 0.1) is 14.1 Å². The lowest BCUT2D eigenvalue weighted by atomic mass is 10.1. The zero-order valence-electron chi connectivity index (χ0n) is 17.7. The first kappa shape index (κ1) is 19.2. The van der Waals surface area contributed by atoms with E-state index in [4.69, 9.17) is 0 Å². The Morgan fingerprint density at radius 1 is 1.00 bits per heavy atom. The standard InChI is InChI=1S/C23H23N6O2/c1-15-9-11-17(12-10-15)19-24-25-22-28(14-13-16-7-5-4-6-8-16)18-20(29(19)22)26(2)23(31)27(3)21(18)30/h4-12,18H,13-14H2,1-3H3/q+1. The van der Waals surface area contributed by atoms with E-state index in [-0.39, 0.29) is 11.9 Å². The SMILES string of the molecule is Cc1ccc(-c2nnc3n2C2=[N+](C)C(=O)N(C)C(=O)C2N3CCc2ccccc2)cc1. The highest BCUT2D eigenvalue weighted by atomic mass is 16.2. The Labute approximate surface area is 180 Å². The predicted molar refractivity (Wildman–Crippen MR) is 116 cm³/mol. The molecule has 0 fully saturated rings. The van der Waals surface area contributed by atoms with Gasteiger partial charge in [-0.05, 0) is 31.0 Å². The highest BCUT2D eigenvalue weighted by Gasteiger charge is 2.55. The second kappa shape index (κ2) is 7.16. The Balaban J connectivity index is 1.63. The molecular formula is C23H23N6O2+. The number of urea groups is 1. The van der Waals surface area contributed by atoms with Crippen molar-refractivity contribution >= 4 is 23.7 Å². The van der Waals surface area contributed by atoms with Crippen molar-refractivity contribution in [1.82, 2.24) is 19.7 Å². The minimum absolute atomic E-state index is 0.258. The number of fused-ring (bicyclic) bond motifs is 3. The Hall–Kier alpha value is -3.81. The quantitative estimate of drug-likeness (QED) is 0.611. The lowest BCUT2D eigenvalue weighted by Gasteiger charge is -2.27. The Morgan fingerprint density at radius 2 is 1.71 bits per heavy atom. The Morgan fingerprint density at radius 3 is 2.42 bits per heavy atom. The smallest absolute Gasteiger partial charge is 0.305 e. The number of aryl methyl sites for hydroxylation is 1. The Bertz CT molecular complexity index is 1210. The third kappa shape index (κ3) is 2.94. The summed E-state index contributed by atoms with van der Waals surface area (Å²) in [6.45, 7) is 2.60. The molecule has 3 aromatic rings. The normalized spacial score (nSPS) is 18.0. The average Bonchev–Trinajstić information content (AvgIpc) is 3.34. The summed E-state index contributed by atoms with van der Waals surface area (Å²) < 4.78 is 3.38. The molecule has 0 bridgehead atoms. The van der Waals surface area contributed by atoms with Crippen LogP contribution >= 0.6 is 0 Å². The molecule has 1 aromatic heterocycles. The van der Waals surface area contributed by atoms with Gasteiger partial charge in [0.2, 0.25) is 17.7 Å². The molecule has 3 amide bonds. The third-order valence-corrected chi connectivity index (χ3v) is 5.96. The van der Waals surface area contributed by atoms with Crippen molar-refractivity contribution in [1.29, 1.82) is 0 Å². The number of anilines is 1. The fraction of sp³-hybridized carbons (Fsp3) is 0.261. The molecule has 5 rings (SSSR count). The van der Waals surface area contributed by atoms with Gasteiger partial charge in [0.15, 0.2) is 0 Å². The molecule has 0 saturated heterocycles. The summed E-state index contributed by atoms with van der Waals surface area (Å²) in [5.41, 5.74) is 3.19. The van der Waals surface area contributed by atoms with Gasteiger partial charge in [-0.1, -0.05) is 53.1 Å². The lowest BCUT2D eigenvalue weighted by molar-refractivity contribution is -0.407. The summed E-state index contributed by atoms with van der Waals surface area (Å²) in [6.07, 6.45) is 0.742. The number of rotatable bonds is 4. The van der Waals surface area contributed by atoms with Crippen LogP contribution in [0.3, 0.4) is 0 Å². The molecule has 0 radical (unpaired) electrons. The van der Waals surface area contributed by atoms with Gasteiger partial charge < -0.3 is 4.90 Å². The molecule has 0 saturated carbocycles. The fourth-order valence-electron chi connectivity index (χ4n) is 4.24. The molecule has 1 atom stereocenters. The molecule has 0 N–H and O–H groups in total. The first-order chi connectivity index (χ1) is 15.0. The van der Waals surface area contributed by atoms with Crippen molar-refractivity contribution in [2.24, 2.45) is 0 Å². The molecule has 1 unspecified atom stereocenters. The number of amides is 3. The van der Waals surface area contributed by atoms with Crippen molar-refractivity contribution in [2.45, 2.75) is 19.4 Å². The van der Waals surface area contributed by atoms with Crippen LogP contribution in [0.5, 0.6) is 0 Å². The summed E-state index contributed by atoms with van der Waals surface area (Å²) in [5.74, 6) is 1.52. The van der Waals surface area contributed by atoms with Crippen LogP contribution in [-0.4, -0.2) is 68.7 Å². The largest absolute Gasteiger partial charge is 0.445 e. The van der Waals surface area contributed by atoms with Crippen LogP contribution < -0.4 is 4.90 Å². The van der Waals surface area contributed by atoms with Gasteiger partial charge in [0, 0.05) is 12.1 Å². The maximum atomic E-state index is 13.2. The van der Waals surface area contributed by atoms with Gasteiger partial charge in [-0.3, -0.25) is 4.79 Å². The van der Waals surface area contributed by atoms with Gasteiger partial charge >= 0.3 is 11.9 Å². The van der Waals surface area contributed by atoms with E-state index < -0.39 is 6.04 Å². The average molecular weight is 415 g/mol. The molecule has 3 heterocycles. The third-order valence-electron chi connectivity index (χ3n) is 5.96. The lowest BCUT2D eigenvalue weighted by Crippen LogP contribution is -2.59. The zero-order chi connectivity index (χ0) is 21.7. The van der Waals surface area contributed by atoms with Crippen molar-refractivity contribution in [3.05, 3.63) is 65.7 Å². The van der Waals surface area contributed by atoms with Gasteiger partial charge in [0.1, 0.15) is 0 Å². The van der Waals surface area contributed by atoms with E-state index >= 15 is 0 Å². The number of imide groups is 1. The highest BCUT2D eigenvalue weighted by molar-refractivity contribution is 6.19. The molecule has 0 aliphatic carbocycles. The summed E-state index contributed by atoms with van der Waals surface area (Å²) in [6, 6.07) is 17.1. The number of hydrogen-bond acceptors (Lipinski definition) is 5. The predicted octanol–water partition coefficient (Wildman–Crippen LogP) is 2.17. The first-order valence-electron chi connectivity index (χ1n) is 10.2. The van der Waals surface area contributed by atoms with Crippen LogP contribution in [0, 0.1) is 6.92 Å². The van der Waals surface area contributed by atoms with E-state index in [2.05, 4.69) is 22.3 Å². The number of nitrogens with zero attached hydrogens (tertiary/aromatic N) is 6. The van der Waals surface area contributed by atoms with E-state index in [1.54, 1.807) is 7.05 Å². The van der Waals surface area contributed by atoms with Crippen molar-refractivity contribution < 1.29 is 14.2 Å². The highest BCUT2D eigenvalue weighted by Crippen LogP contribution is 2.33. The maximum absolute atomic E-state index is 13.2. The molecule has 8 nitrogen and oxygen atoms in total. The summed E-state index contributed by atoms with van der Waals surface area (Å²) in [4.78, 5) is 29.1. The van der Waals surface area contributed by atoms with Crippen LogP contribution in [0.4, 0.5) is 10.7 Å².